The van der Waals surface area contributed by atoms with E-state index in [0.29, 0.717) is 6.54 Å². The van der Waals surface area contributed by atoms with Crippen molar-refractivity contribution in [2.24, 2.45) is 11.3 Å². The average molecular weight is 529 g/mol. The molecule has 0 spiro atoms. The molecule has 8 nitrogen and oxygen atoms in total. The first-order valence-corrected chi connectivity index (χ1v) is 13.2. The molecule has 0 aliphatic rings. The molecular formula is C30H44N2O6. The van der Waals surface area contributed by atoms with Crippen molar-refractivity contribution in [3.05, 3.63) is 48.0 Å². The van der Waals surface area contributed by atoms with Gasteiger partial charge in [0.05, 0.1) is 19.1 Å². The zero-order valence-corrected chi connectivity index (χ0v) is 24.1. The first kappa shape index (κ1) is 31.2. The molecule has 0 aliphatic carbocycles. The van der Waals surface area contributed by atoms with Crippen LogP contribution in [0.15, 0.2) is 42.5 Å². The number of rotatable bonds is 12. The van der Waals surface area contributed by atoms with Crippen molar-refractivity contribution in [2.45, 2.75) is 72.6 Å². The number of amides is 2. The van der Waals surface area contributed by atoms with Crippen LogP contribution in [-0.4, -0.2) is 62.4 Å². The highest BCUT2D eigenvalue weighted by Gasteiger charge is 2.41. The van der Waals surface area contributed by atoms with Gasteiger partial charge in [-0.05, 0) is 55.9 Å². The van der Waals surface area contributed by atoms with Crippen LogP contribution in [0.4, 0.5) is 0 Å². The van der Waals surface area contributed by atoms with Crippen LogP contribution in [-0.2, 0) is 35.0 Å². The molecule has 2 amide bonds. The Morgan fingerprint density at radius 3 is 2.13 bits per heavy atom. The smallest absolute Gasteiger partial charge is 0.336 e. The summed E-state index contributed by atoms with van der Waals surface area (Å²) in [5, 5.41) is 7.81. The third kappa shape index (κ3) is 9.40. The molecule has 2 rings (SSSR count). The second kappa shape index (κ2) is 13.7. The van der Waals surface area contributed by atoms with E-state index in [1.165, 1.54) is 7.11 Å². The molecule has 38 heavy (non-hydrogen) atoms. The first-order chi connectivity index (χ1) is 17.8. The van der Waals surface area contributed by atoms with Gasteiger partial charge in [0.25, 0.3) is 0 Å². The fourth-order valence-electron chi connectivity index (χ4n) is 4.12. The highest BCUT2D eigenvalue weighted by Crippen LogP contribution is 2.25. The molecule has 3 atom stereocenters. The van der Waals surface area contributed by atoms with E-state index in [1.807, 2.05) is 70.2 Å². The molecule has 0 fully saturated rings. The minimum atomic E-state index is -1.20. The Balaban J connectivity index is 2.51. The summed E-state index contributed by atoms with van der Waals surface area (Å²) in [5.41, 5.74) is -0.488. The van der Waals surface area contributed by atoms with Crippen molar-refractivity contribution in [3.63, 3.8) is 0 Å². The number of carbonyl (C=O) groups excluding carboxylic acids is 3. The van der Waals surface area contributed by atoms with E-state index in [2.05, 4.69) is 10.6 Å². The first-order valence-electron chi connectivity index (χ1n) is 13.2. The monoisotopic (exact) mass is 528 g/mol. The number of carbonyl (C=O) groups is 3. The van der Waals surface area contributed by atoms with Gasteiger partial charge in [-0.3, -0.25) is 9.59 Å². The second-order valence-electron chi connectivity index (χ2n) is 11.5. The number of methoxy groups -OCH3 is 1. The molecule has 210 valence electrons. The molecule has 0 unspecified atom stereocenters. The molecular weight excluding hydrogens is 484 g/mol. The average Bonchev–Trinajstić information content (AvgIpc) is 2.82. The lowest BCUT2D eigenvalue weighted by Crippen LogP contribution is -2.57. The van der Waals surface area contributed by atoms with E-state index in [0.717, 1.165) is 16.3 Å². The normalized spacial score (nSPS) is 14.4. The third-order valence-corrected chi connectivity index (χ3v) is 5.96. The van der Waals surface area contributed by atoms with Crippen LogP contribution in [0.3, 0.4) is 0 Å². The quantitative estimate of drug-likeness (QED) is 0.318. The van der Waals surface area contributed by atoms with Crippen LogP contribution in [0.2, 0.25) is 0 Å². The van der Waals surface area contributed by atoms with Crippen molar-refractivity contribution < 1.29 is 28.6 Å². The lowest BCUT2D eigenvalue weighted by molar-refractivity contribution is -0.175. The minimum absolute atomic E-state index is 0.0981. The maximum atomic E-state index is 13.9. The predicted octanol–water partition coefficient (Wildman–Crippen LogP) is 4.04. The summed E-state index contributed by atoms with van der Waals surface area (Å²) < 4.78 is 16.7. The zero-order valence-electron chi connectivity index (χ0n) is 24.1. The van der Waals surface area contributed by atoms with Crippen molar-refractivity contribution >= 4 is 28.6 Å². The number of fused-ring (bicyclic) bond motifs is 1. The van der Waals surface area contributed by atoms with Crippen LogP contribution >= 0.6 is 0 Å². The van der Waals surface area contributed by atoms with Crippen molar-refractivity contribution in [1.82, 2.24) is 10.6 Å². The van der Waals surface area contributed by atoms with Crippen LogP contribution in [0, 0.1) is 11.3 Å². The summed E-state index contributed by atoms with van der Waals surface area (Å²) in [7, 11) is 1.53. The molecule has 0 heterocycles. The number of hydrogen-bond acceptors (Lipinski definition) is 6. The van der Waals surface area contributed by atoms with Gasteiger partial charge in [0.1, 0.15) is 11.6 Å². The van der Waals surface area contributed by atoms with Gasteiger partial charge in [-0.1, -0.05) is 63.2 Å². The van der Waals surface area contributed by atoms with E-state index in [9.17, 15) is 14.4 Å². The molecule has 8 heteroatoms. The van der Waals surface area contributed by atoms with Gasteiger partial charge in [-0.15, -0.1) is 0 Å². The van der Waals surface area contributed by atoms with Gasteiger partial charge in [-0.2, -0.15) is 0 Å². The highest BCUT2D eigenvalue weighted by molar-refractivity contribution is 5.92. The number of esters is 1. The lowest BCUT2D eigenvalue weighted by Gasteiger charge is -2.33. The Hall–Kier alpha value is -2.97. The van der Waals surface area contributed by atoms with E-state index in [-0.39, 0.29) is 25.5 Å². The summed E-state index contributed by atoms with van der Waals surface area (Å²) >= 11 is 0. The van der Waals surface area contributed by atoms with Crippen molar-refractivity contribution in [1.29, 1.82) is 0 Å². The lowest BCUT2D eigenvalue weighted by atomic mass is 9.84. The molecule has 0 aliphatic heterocycles. The molecule has 0 aromatic heterocycles. The molecule has 2 aromatic carbocycles. The number of benzene rings is 2. The van der Waals surface area contributed by atoms with E-state index in [4.69, 9.17) is 14.2 Å². The van der Waals surface area contributed by atoms with Gasteiger partial charge in [0, 0.05) is 13.7 Å². The maximum absolute atomic E-state index is 13.9. The van der Waals surface area contributed by atoms with E-state index in [1.54, 1.807) is 20.8 Å². The Morgan fingerprint density at radius 1 is 0.895 bits per heavy atom. The van der Waals surface area contributed by atoms with Crippen LogP contribution in [0.25, 0.3) is 10.8 Å². The Kier molecular flexibility index (Phi) is 11.3. The Bertz CT molecular complexity index is 1090. The summed E-state index contributed by atoms with van der Waals surface area (Å²) in [6.45, 7) is 13.5. The summed E-state index contributed by atoms with van der Waals surface area (Å²) in [6.07, 6.45) is -0.995. The Labute approximate surface area is 226 Å². The summed E-state index contributed by atoms with van der Waals surface area (Å²) in [5.74, 6) is -2.34. The van der Waals surface area contributed by atoms with Gasteiger partial charge < -0.3 is 24.8 Å². The SMILES string of the molecule is CCNC(=O)[C@@H](NC(=O)[C@H](Cc1ccc2ccccc2c1)[C@H](OCCOC)C(=O)OC(C)(C)C)C(C)(C)C. The minimum Gasteiger partial charge on any atom is -0.458 e. The van der Waals surface area contributed by atoms with E-state index >= 15 is 0 Å². The molecule has 0 saturated heterocycles. The third-order valence-electron chi connectivity index (χ3n) is 5.96. The summed E-state index contributed by atoms with van der Waals surface area (Å²) in [4.78, 5) is 40.2. The standard InChI is InChI=1S/C30H44N2O6/c1-9-31-27(34)25(29(2,3)4)32-26(33)23(19-20-14-15-21-12-10-11-13-22(21)18-20)24(37-17-16-36-8)28(35)38-30(5,6)7/h10-15,18,23-25H,9,16-17,19H2,1-8H3,(H,31,34)(H,32,33)/t23-,24+,25-/m1/s1. The molecule has 0 bridgehead atoms. The fraction of sp³-hybridized carbons (Fsp3) is 0.567. The number of likely N-dealkylation sites (N-methyl/N-ethyl adjacent to an activating group) is 1. The highest BCUT2D eigenvalue weighted by atomic mass is 16.6. The maximum Gasteiger partial charge on any atom is 0.336 e. The molecule has 0 saturated carbocycles. The van der Waals surface area contributed by atoms with Gasteiger partial charge in [-0.25, -0.2) is 4.79 Å². The molecule has 0 radical (unpaired) electrons. The number of ether oxygens (including phenoxy) is 3. The fourth-order valence-corrected chi connectivity index (χ4v) is 4.12. The van der Waals surface area contributed by atoms with Gasteiger partial charge in [0.2, 0.25) is 11.8 Å². The van der Waals surface area contributed by atoms with Gasteiger partial charge in [0.15, 0.2) is 6.10 Å². The van der Waals surface area contributed by atoms with Crippen molar-refractivity contribution in [2.75, 3.05) is 26.9 Å². The zero-order chi connectivity index (χ0) is 28.5. The molecule has 2 N–H and O–H groups in total. The predicted molar refractivity (Wildman–Crippen MR) is 149 cm³/mol. The van der Waals surface area contributed by atoms with E-state index < -0.39 is 41.0 Å². The van der Waals surface area contributed by atoms with Crippen molar-refractivity contribution in [3.8, 4) is 0 Å². The largest absolute Gasteiger partial charge is 0.458 e. The Morgan fingerprint density at radius 2 is 1.55 bits per heavy atom. The second-order valence-corrected chi connectivity index (χ2v) is 11.5. The summed E-state index contributed by atoms with van der Waals surface area (Å²) in [6, 6.07) is 13.0. The van der Waals surface area contributed by atoms with Crippen LogP contribution in [0.5, 0.6) is 0 Å². The molecule has 2 aromatic rings. The van der Waals surface area contributed by atoms with Gasteiger partial charge >= 0.3 is 5.97 Å². The van der Waals surface area contributed by atoms with Crippen LogP contribution in [0.1, 0.15) is 54.0 Å². The number of nitrogens with one attached hydrogen (secondary N) is 2. The van der Waals surface area contributed by atoms with Crippen LogP contribution < -0.4 is 10.6 Å². The number of hydrogen-bond donors (Lipinski definition) is 2. The topological polar surface area (TPSA) is 103 Å².